The van der Waals surface area contributed by atoms with E-state index in [2.05, 4.69) is 25.1 Å². The van der Waals surface area contributed by atoms with Crippen molar-refractivity contribution in [1.82, 2.24) is 25.1 Å². The highest BCUT2D eigenvalue weighted by Gasteiger charge is 2.03. The Balaban J connectivity index is 1.94. The average molecular weight is 235 g/mol. The predicted octanol–water partition coefficient (Wildman–Crippen LogP) is 1.76. The van der Waals surface area contributed by atoms with Crippen molar-refractivity contribution in [2.24, 2.45) is 0 Å². The van der Waals surface area contributed by atoms with E-state index >= 15 is 0 Å². The summed E-state index contributed by atoms with van der Waals surface area (Å²) < 4.78 is 0. The van der Waals surface area contributed by atoms with Gasteiger partial charge in [0.15, 0.2) is 5.16 Å². The third-order valence-corrected chi connectivity index (χ3v) is 2.88. The number of nitrogens with one attached hydrogen (secondary N) is 1. The third-order valence-electron chi connectivity index (χ3n) is 1.99. The summed E-state index contributed by atoms with van der Waals surface area (Å²) in [6.45, 7) is 4.00. The molecule has 0 aliphatic carbocycles. The van der Waals surface area contributed by atoms with Gasteiger partial charge in [-0.05, 0) is 12.5 Å². The molecule has 0 unspecified atom stereocenters. The van der Waals surface area contributed by atoms with Crippen molar-refractivity contribution < 1.29 is 0 Å². The highest BCUT2D eigenvalue weighted by molar-refractivity contribution is 7.98. The summed E-state index contributed by atoms with van der Waals surface area (Å²) in [6, 6.07) is 0. The van der Waals surface area contributed by atoms with Crippen LogP contribution in [-0.4, -0.2) is 25.1 Å². The number of aromatic nitrogens is 5. The molecule has 0 atom stereocenters. The first-order valence-corrected chi connectivity index (χ1v) is 6.08. The van der Waals surface area contributed by atoms with Crippen molar-refractivity contribution >= 4 is 11.8 Å². The SMILES string of the molecule is CCc1n[nH]c(CSc2ncc(C)cn2)n1. The molecule has 0 saturated heterocycles. The van der Waals surface area contributed by atoms with Gasteiger partial charge in [0.05, 0.1) is 5.75 Å². The zero-order chi connectivity index (χ0) is 11.4. The second-order valence-electron chi connectivity index (χ2n) is 3.38. The van der Waals surface area contributed by atoms with E-state index in [1.807, 2.05) is 26.2 Å². The Kier molecular flexibility index (Phi) is 3.51. The number of H-pyrrole nitrogens is 1. The number of hydrogen-bond acceptors (Lipinski definition) is 5. The monoisotopic (exact) mass is 235 g/mol. The molecule has 0 fully saturated rings. The molecule has 0 aromatic carbocycles. The molecule has 2 heterocycles. The minimum atomic E-state index is 0.718. The topological polar surface area (TPSA) is 67.3 Å². The van der Waals surface area contributed by atoms with Crippen molar-refractivity contribution in [3.63, 3.8) is 0 Å². The molecule has 0 saturated carbocycles. The van der Waals surface area contributed by atoms with Crippen molar-refractivity contribution in [2.75, 3.05) is 0 Å². The van der Waals surface area contributed by atoms with Gasteiger partial charge in [-0.25, -0.2) is 15.0 Å². The predicted molar refractivity (Wildman–Crippen MR) is 62.1 cm³/mol. The first-order valence-electron chi connectivity index (χ1n) is 5.09. The summed E-state index contributed by atoms with van der Waals surface area (Å²) >= 11 is 1.55. The van der Waals surface area contributed by atoms with Gasteiger partial charge in [0.1, 0.15) is 11.6 Å². The largest absolute Gasteiger partial charge is 0.262 e. The molecule has 6 heteroatoms. The van der Waals surface area contributed by atoms with E-state index < -0.39 is 0 Å². The number of nitrogens with zero attached hydrogens (tertiary/aromatic N) is 4. The molecule has 0 amide bonds. The number of aromatic amines is 1. The van der Waals surface area contributed by atoms with Crippen LogP contribution in [0.1, 0.15) is 24.1 Å². The van der Waals surface area contributed by atoms with Crippen LogP contribution in [0.15, 0.2) is 17.6 Å². The van der Waals surface area contributed by atoms with Gasteiger partial charge in [-0.2, -0.15) is 5.10 Å². The fraction of sp³-hybridized carbons (Fsp3) is 0.400. The first kappa shape index (κ1) is 11.1. The summed E-state index contributed by atoms with van der Waals surface area (Å²) in [5.41, 5.74) is 1.07. The Bertz CT molecular complexity index is 450. The molecule has 2 aromatic heterocycles. The maximum atomic E-state index is 4.32. The molecule has 5 nitrogen and oxygen atoms in total. The van der Waals surface area contributed by atoms with Crippen molar-refractivity contribution in [1.29, 1.82) is 0 Å². The molecule has 1 N–H and O–H groups in total. The smallest absolute Gasteiger partial charge is 0.187 e. The zero-order valence-corrected chi connectivity index (χ0v) is 10.1. The highest BCUT2D eigenvalue weighted by atomic mass is 32.2. The Morgan fingerprint density at radius 1 is 1.31 bits per heavy atom. The fourth-order valence-electron chi connectivity index (χ4n) is 1.15. The van der Waals surface area contributed by atoms with E-state index in [0.29, 0.717) is 0 Å². The molecule has 0 spiro atoms. The lowest BCUT2D eigenvalue weighted by Gasteiger charge is -1.97. The van der Waals surface area contributed by atoms with Crippen LogP contribution in [0.3, 0.4) is 0 Å². The molecule has 2 rings (SSSR count). The maximum Gasteiger partial charge on any atom is 0.187 e. The normalized spacial score (nSPS) is 10.6. The Morgan fingerprint density at radius 3 is 2.69 bits per heavy atom. The van der Waals surface area contributed by atoms with E-state index in [1.54, 1.807) is 11.8 Å². The molecule has 0 aliphatic rings. The summed E-state index contributed by atoms with van der Waals surface area (Å²) in [5.74, 6) is 2.43. The Hall–Kier alpha value is -1.43. The van der Waals surface area contributed by atoms with E-state index in [1.165, 1.54) is 0 Å². The van der Waals surface area contributed by atoms with Gasteiger partial charge in [0.2, 0.25) is 0 Å². The molecule has 0 bridgehead atoms. The molecule has 84 valence electrons. The van der Waals surface area contributed by atoms with Gasteiger partial charge >= 0.3 is 0 Å². The minimum absolute atomic E-state index is 0.718. The van der Waals surface area contributed by atoms with Crippen LogP contribution in [0.2, 0.25) is 0 Å². The average Bonchev–Trinajstić information content (AvgIpc) is 2.76. The zero-order valence-electron chi connectivity index (χ0n) is 9.27. The van der Waals surface area contributed by atoms with Crippen LogP contribution in [0.25, 0.3) is 0 Å². The lowest BCUT2D eigenvalue weighted by Crippen LogP contribution is -1.89. The summed E-state index contributed by atoms with van der Waals surface area (Å²) in [6.07, 6.45) is 4.47. The van der Waals surface area contributed by atoms with Crippen LogP contribution in [0.4, 0.5) is 0 Å². The molecule has 16 heavy (non-hydrogen) atoms. The van der Waals surface area contributed by atoms with Gasteiger partial charge in [-0.15, -0.1) is 0 Å². The number of thioether (sulfide) groups is 1. The Labute approximate surface area is 98.1 Å². The summed E-state index contributed by atoms with van der Waals surface area (Å²) in [4.78, 5) is 12.7. The van der Waals surface area contributed by atoms with Crippen molar-refractivity contribution in [3.05, 3.63) is 29.6 Å². The molecule has 2 aromatic rings. The lowest BCUT2D eigenvalue weighted by atomic mass is 10.4. The van der Waals surface area contributed by atoms with Crippen LogP contribution in [0, 0.1) is 6.92 Å². The van der Waals surface area contributed by atoms with Gasteiger partial charge in [-0.1, -0.05) is 18.7 Å². The van der Waals surface area contributed by atoms with Crippen molar-refractivity contribution in [2.45, 2.75) is 31.2 Å². The van der Waals surface area contributed by atoms with Gasteiger partial charge < -0.3 is 0 Å². The quantitative estimate of drug-likeness (QED) is 0.646. The van der Waals surface area contributed by atoms with Crippen LogP contribution in [0.5, 0.6) is 0 Å². The van der Waals surface area contributed by atoms with E-state index in [9.17, 15) is 0 Å². The minimum Gasteiger partial charge on any atom is -0.262 e. The van der Waals surface area contributed by atoms with Crippen LogP contribution >= 0.6 is 11.8 Å². The molecular formula is C10H13N5S. The van der Waals surface area contributed by atoms with E-state index in [0.717, 1.165) is 34.5 Å². The van der Waals surface area contributed by atoms with E-state index in [-0.39, 0.29) is 0 Å². The maximum absolute atomic E-state index is 4.32. The number of hydrogen-bond donors (Lipinski definition) is 1. The lowest BCUT2D eigenvalue weighted by molar-refractivity contribution is 0.941. The number of aryl methyl sites for hydroxylation is 2. The third kappa shape index (κ3) is 2.79. The first-order chi connectivity index (χ1) is 7.78. The molecule has 0 radical (unpaired) electrons. The summed E-state index contributed by atoms with van der Waals surface area (Å²) in [5, 5.41) is 7.74. The fourth-order valence-corrected chi connectivity index (χ4v) is 1.80. The number of rotatable bonds is 4. The Morgan fingerprint density at radius 2 is 2.06 bits per heavy atom. The molecule has 0 aliphatic heterocycles. The van der Waals surface area contributed by atoms with Crippen LogP contribution < -0.4 is 0 Å². The standard InChI is InChI=1S/C10H13N5S/c1-3-8-13-9(15-14-8)6-16-10-11-4-7(2)5-12-10/h4-5H,3,6H2,1-2H3,(H,13,14,15). The van der Waals surface area contributed by atoms with Crippen LogP contribution in [-0.2, 0) is 12.2 Å². The molecular weight excluding hydrogens is 222 g/mol. The van der Waals surface area contributed by atoms with Crippen molar-refractivity contribution in [3.8, 4) is 0 Å². The van der Waals surface area contributed by atoms with Gasteiger partial charge in [-0.3, -0.25) is 5.10 Å². The van der Waals surface area contributed by atoms with E-state index in [4.69, 9.17) is 0 Å². The van der Waals surface area contributed by atoms with Gasteiger partial charge in [0, 0.05) is 18.8 Å². The second kappa shape index (κ2) is 5.07. The summed E-state index contributed by atoms with van der Waals surface area (Å²) in [7, 11) is 0. The highest BCUT2D eigenvalue weighted by Crippen LogP contribution is 2.16. The second-order valence-corrected chi connectivity index (χ2v) is 4.33. The van der Waals surface area contributed by atoms with Gasteiger partial charge in [0.25, 0.3) is 0 Å².